The molecule has 1 unspecified atom stereocenters. The highest BCUT2D eigenvalue weighted by atomic mass is 19.4. The fourth-order valence-corrected chi connectivity index (χ4v) is 4.42. The topological polar surface area (TPSA) is 93.2 Å². The van der Waals surface area contributed by atoms with Crippen molar-refractivity contribution < 1.29 is 32.7 Å². The van der Waals surface area contributed by atoms with Crippen molar-refractivity contribution in [3.8, 4) is 0 Å². The number of piperazine rings is 1. The fraction of sp³-hybridized carbons (Fsp3) is 0.400. The number of urea groups is 1. The lowest BCUT2D eigenvalue weighted by molar-refractivity contribution is -0.192. The smallest absolute Gasteiger partial charge is 0.475 e. The Morgan fingerprint density at radius 3 is 2.28 bits per heavy atom. The number of aliphatic carboxylic acids is 1. The number of benzene rings is 2. The maximum Gasteiger partial charge on any atom is 0.490 e. The van der Waals surface area contributed by atoms with Gasteiger partial charge in [0, 0.05) is 31.0 Å². The predicted octanol–water partition coefficient (Wildman–Crippen LogP) is 3.84. The highest BCUT2D eigenvalue weighted by molar-refractivity contribution is 5.96. The summed E-state index contributed by atoms with van der Waals surface area (Å²) < 4.78 is 31.7. The van der Waals surface area contributed by atoms with Gasteiger partial charge in [-0.3, -0.25) is 9.69 Å². The van der Waals surface area contributed by atoms with Gasteiger partial charge < -0.3 is 20.2 Å². The van der Waals surface area contributed by atoms with Crippen LogP contribution in [-0.2, 0) is 16.0 Å². The molecule has 11 heteroatoms. The quantitative estimate of drug-likeness (QED) is 0.660. The van der Waals surface area contributed by atoms with Crippen molar-refractivity contribution in [3.05, 3.63) is 60.2 Å². The van der Waals surface area contributed by atoms with Crippen LogP contribution in [0.15, 0.2) is 54.6 Å². The number of hydrogen-bond acceptors (Lipinski definition) is 4. The molecule has 3 amide bonds. The highest BCUT2D eigenvalue weighted by Crippen LogP contribution is 2.33. The summed E-state index contributed by atoms with van der Waals surface area (Å²) in [6.07, 6.45) is -3.36. The van der Waals surface area contributed by atoms with Gasteiger partial charge in [-0.2, -0.15) is 13.2 Å². The Morgan fingerprint density at radius 1 is 1.06 bits per heavy atom. The van der Waals surface area contributed by atoms with E-state index >= 15 is 0 Å². The van der Waals surface area contributed by atoms with Crippen molar-refractivity contribution in [2.24, 2.45) is 0 Å². The minimum atomic E-state index is -5.08. The molecule has 0 aliphatic carbocycles. The largest absolute Gasteiger partial charge is 0.490 e. The minimum absolute atomic E-state index is 0.0701. The van der Waals surface area contributed by atoms with Gasteiger partial charge in [0.25, 0.3) is 0 Å². The molecule has 2 saturated heterocycles. The molecular formula is C25H29F3N4O4. The van der Waals surface area contributed by atoms with Crippen LogP contribution in [0.4, 0.5) is 29.3 Å². The number of anilines is 2. The first kappa shape index (κ1) is 27.0. The van der Waals surface area contributed by atoms with Crippen molar-refractivity contribution in [2.45, 2.75) is 31.5 Å². The minimum Gasteiger partial charge on any atom is -0.475 e. The molecule has 1 spiro atoms. The number of likely N-dealkylation sites (N-methyl/N-ethyl adjacent to an activating group) is 1. The maximum absolute atomic E-state index is 12.9. The van der Waals surface area contributed by atoms with E-state index in [1.54, 1.807) is 0 Å². The molecule has 4 rings (SSSR count). The first-order valence-electron chi connectivity index (χ1n) is 11.5. The van der Waals surface area contributed by atoms with Gasteiger partial charge in [0.2, 0.25) is 5.91 Å². The third-order valence-electron chi connectivity index (χ3n) is 6.51. The van der Waals surface area contributed by atoms with Gasteiger partial charge in [0.05, 0.1) is 12.1 Å². The molecule has 1 atom stereocenters. The van der Waals surface area contributed by atoms with Crippen LogP contribution in [-0.4, -0.2) is 77.8 Å². The van der Waals surface area contributed by atoms with Gasteiger partial charge >= 0.3 is 18.2 Å². The van der Waals surface area contributed by atoms with Gasteiger partial charge in [-0.05, 0) is 43.7 Å². The van der Waals surface area contributed by atoms with Gasteiger partial charge in [-0.15, -0.1) is 0 Å². The van der Waals surface area contributed by atoms with Crippen molar-refractivity contribution in [1.29, 1.82) is 0 Å². The Labute approximate surface area is 207 Å². The molecule has 2 fully saturated rings. The number of rotatable bonds is 3. The Morgan fingerprint density at radius 2 is 1.67 bits per heavy atom. The molecule has 8 nitrogen and oxygen atoms in total. The molecule has 2 aliphatic rings. The van der Waals surface area contributed by atoms with Gasteiger partial charge in [-0.25, -0.2) is 9.59 Å². The number of carbonyl (C=O) groups excluding carboxylic acids is 2. The summed E-state index contributed by atoms with van der Waals surface area (Å²) in [5.74, 6) is -2.66. The van der Waals surface area contributed by atoms with E-state index in [2.05, 4.69) is 17.1 Å². The summed E-state index contributed by atoms with van der Waals surface area (Å²) in [5, 5.41) is 10.2. The molecule has 2 aliphatic heterocycles. The molecule has 2 heterocycles. The lowest BCUT2D eigenvalue weighted by atomic mass is 9.92. The van der Waals surface area contributed by atoms with Crippen molar-refractivity contribution in [2.75, 3.05) is 43.4 Å². The number of carboxylic acid groups (broad SMARTS) is 1. The number of likely N-dealkylation sites (tertiary alicyclic amines) is 1. The fourth-order valence-electron chi connectivity index (χ4n) is 4.42. The number of nitrogens with zero attached hydrogens (tertiary/aromatic N) is 3. The molecule has 0 radical (unpaired) electrons. The van der Waals surface area contributed by atoms with E-state index in [9.17, 15) is 22.8 Å². The van der Waals surface area contributed by atoms with Crippen LogP contribution >= 0.6 is 0 Å². The molecule has 2 N–H and O–H groups in total. The zero-order chi connectivity index (χ0) is 26.5. The van der Waals surface area contributed by atoms with Crippen molar-refractivity contribution in [1.82, 2.24) is 9.80 Å². The number of hydrogen-bond donors (Lipinski definition) is 2. The standard InChI is InChI=1S/C23H28N4O2.C2HF3O2/c1-3-18-9-7-8-12-20(18)24-22(29)26-14-13-23(16-26)17-27(21(28)15-25(23)2)19-10-5-4-6-11-19;3-2(4,5)1(6)7/h4-12H,3,13-17H2,1-2H3,(H,24,29);(H,6,7). The maximum atomic E-state index is 12.9. The molecule has 194 valence electrons. The number of carboxylic acids is 1. The zero-order valence-electron chi connectivity index (χ0n) is 20.1. The van der Waals surface area contributed by atoms with Crippen LogP contribution in [0.1, 0.15) is 18.9 Å². The molecular weight excluding hydrogens is 477 g/mol. The second-order valence-corrected chi connectivity index (χ2v) is 8.81. The Balaban J connectivity index is 0.000000454. The Kier molecular flexibility index (Phi) is 8.24. The SMILES string of the molecule is CCc1ccccc1NC(=O)N1CCC2(C1)CN(c1ccccc1)C(=O)CN2C.O=C(O)C(F)(F)F. The number of aryl methyl sites for hydroxylation is 1. The summed E-state index contributed by atoms with van der Waals surface area (Å²) >= 11 is 0. The molecule has 0 aromatic heterocycles. The summed E-state index contributed by atoms with van der Waals surface area (Å²) in [5.41, 5.74) is 2.71. The number of halogens is 3. The van der Waals surface area contributed by atoms with Crippen LogP contribution < -0.4 is 10.2 Å². The van der Waals surface area contributed by atoms with Crippen LogP contribution in [0, 0.1) is 0 Å². The van der Waals surface area contributed by atoms with Crippen LogP contribution in [0.5, 0.6) is 0 Å². The summed E-state index contributed by atoms with van der Waals surface area (Å²) in [7, 11) is 1.99. The summed E-state index contributed by atoms with van der Waals surface area (Å²) in [6.45, 7) is 4.34. The third kappa shape index (κ3) is 6.14. The monoisotopic (exact) mass is 506 g/mol. The van der Waals surface area contributed by atoms with Crippen molar-refractivity contribution >= 4 is 29.3 Å². The number of alkyl halides is 3. The van der Waals surface area contributed by atoms with E-state index in [0.717, 1.165) is 29.8 Å². The number of para-hydroxylation sites is 2. The first-order valence-corrected chi connectivity index (χ1v) is 11.5. The lowest BCUT2D eigenvalue weighted by Gasteiger charge is -2.46. The summed E-state index contributed by atoms with van der Waals surface area (Å²) in [6, 6.07) is 17.7. The summed E-state index contributed by atoms with van der Waals surface area (Å²) in [4.78, 5) is 40.4. The molecule has 2 aromatic carbocycles. The Bertz CT molecular complexity index is 1100. The van der Waals surface area contributed by atoms with Crippen LogP contribution in [0.2, 0.25) is 0 Å². The molecule has 2 aromatic rings. The van der Waals surface area contributed by atoms with Gasteiger partial charge in [0.15, 0.2) is 0 Å². The van der Waals surface area contributed by atoms with Gasteiger partial charge in [-0.1, -0.05) is 43.3 Å². The van der Waals surface area contributed by atoms with E-state index < -0.39 is 12.1 Å². The van der Waals surface area contributed by atoms with E-state index in [1.807, 2.05) is 71.4 Å². The number of amides is 3. The molecule has 0 bridgehead atoms. The molecule has 36 heavy (non-hydrogen) atoms. The van der Waals surface area contributed by atoms with E-state index in [1.165, 1.54) is 0 Å². The van der Waals surface area contributed by atoms with E-state index in [-0.39, 0.29) is 17.5 Å². The highest BCUT2D eigenvalue weighted by Gasteiger charge is 2.48. The third-order valence-corrected chi connectivity index (χ3v) is 6.51. The second kappa shape index (κ2) is 11.0. The number of carbonyl (C=O) groups is 3. The van der Waals surface area contributed by atoms with E-state index in [4.69, 9.17) is 9.90 Å². The van der Waals surface area contributed by atoms with Gasteiger partial charge in [0.1, 0.15) is 0 Å². The van der Waals surface area contributed by atoms with Crippen LogP contribution in [0.3, 0.4) is 0 Å². The second-order valence-electron chi connectivity index (χ2n) is 8.81. The van der Waals surface area contributed by atoms with Crippen molar-refractivity contribution in [3.63, 3.8) is 0 Å². The first-order chi connectivity index (χ1) is 17.0. The normalized spacial score (nSPS) is 20.2. The van der Waals surface area contributed by atoms with Crippen LogP contribution in [0.25, 0.3) is 0 Å². The predicted molar refractivity (Wildman–Crippen MR) is 129 cm³/mol. The zero-order valence-corrected chi connectivity index (χ0v) is 20.1. The molecule has 0 saturated carbocycles. The average molecular weight is 507 g/mol. The number of nitrogens with one attached hydrogen (secondary N) is 1. The average Bonchev–Trinajstić information content (AvgIpc) is 3.28. The van der Waals surface area contributed by atoms with E-state index in [0.29, 0.717) is 26.2 Å². The lowest BCUT2D eigenvalue weighted by Crippen LogP contribution is -2.64. The Hall–Kier alpha value is -3.60.